The van der Waals surface area contributed by atoms with Gasteiger partial charge in [-0.05, 0) is 0 Å². The van der Waals surface area contributed by atoms with Gasteiger partial charge in [-0.2, -0.15) is 0 Å². The van der Waals surface area contributed by atoms with Crippen LogP contribution in [0, 0.1) is 0 Å². The molecule has 0 aromatic heterocycles. The highest BCUT2D eigenvalue weighted by Crippen LogP contribution is 1.72. The third-order valence-corrected chi connectivity index (χ3v) is 0.627. The lowest BCUT2D eigenvalue weighted by atomic mass is 10.3. The summed E-state index contributed by atoms with van der Waals surface area (Å²) >= 11 is 0. The average molecular weight is 70.9 g/mol. The molecule has 0 bridgehead atoms. The molecule has 1 N–H and O–H groups in total. The Morgan fingerprint density at radius 3 is 3.00 bits per heavy atom. The maximum atomic E-state index is 4.83. The van der Waals surface area contributed by atoms with E-state index in [0.29, 0.717) is 0 Å². The molecule has 1 aliphatic rings. The van der Waals surface area contributed by atoms with Crippen LogP contribution in [0.3, 0.4) is 0 Å². The van der Waals surface area contributed by atoms with E-state index in [2.05, 4.69) is 5.23 Å². The summed E-state index contributed by atoms with van der Waals surface area (Å²) in [4.78, 5) is 0. The number of nitrogens with one attached hydrogen (secondary N) is 1. The minimum atomic E-state index is 0.750. The van der Waals surface area contributed by atoms with Gasteiger partial charge in [0.2, 0.25) is 0 Å². The van der Waals surface area contributed by atoms with Crippen molar-refractivity contribution in [1.82, 2.24) is 5.23 Å². The Balaban J connectivity index is 2.08. The van der Waals surface area contributed by atoms with E-state index in [-0.39, 0.29) is 0 Å². The first-order valence-electron chi connectivity index (χ1n) is 1.78. The van der Waals surface area contributed by atoms with E-state index in [1.165, 1.54) is 0 Å². The summed E-state index contributed by atoms with van der Waals surface area (Å²) in [6.07, 6.45) is 0. The van der Waals surface area contributed by atoms with Gasteiger partial charge in [-0.15, -0.1) is 0 Å². The zero-order valence-electron chi connectivity index (χ0n) is 3.03. The first kappa shape index (κ1) is 3.19. The summed E-state index contributed by atoms with van der Waals surface area (Å²) in [7, 11) is 0.750. The molecule has 1 rings (SSSR count). The highest BCUT2D eigenvalue weighted by atomic mass is 16.4. The normalized spacial score (nSPS) is 22.4. The standard InChI is InChI=1S/C2H6BNO/c1-2-5-3-4-1/h3-4H,1-2H2. The zero-order chi connectivity index (χ0) is 3.54. The Morgan fingerprint density at radius 1 is 1.80 bits per heavy atom. The molecule has 0 amide bonds. The van der Waals surface area contributed by atoms with Gasteiger partial charge in [-0.1, -0.05) is 0 Å². The second kappa shape index (κ2) is 1.43. The van der Waals surface area contributed by atoms with Crippen molar-refractivity contribution in [3.05, 3.63) is 0 Å². The highest BCUT2D eigenvalue weighted by molar-refractivity contribution is 6.24. The Labute approximate surface area is 31.8 Å². The van der Waals surface area contributed by atoms with Crippen molar-refractivity contribution in [3.63, 3.8) is 0 Å². The van der Waals surface area contributed by atoms with Crippen LogP contribution in [0.1, 0.15) is 0 Å². The van der Waals surface area contributed by atoms with Gasteiger partial charge in [-0.3, -0.25) is 0 Å². The third-order valence-electron chi connectivity index (χ3n) is 0.627. The molecule has 0 aliphatic carbocycles. The third kappa shape index (κ3) is 0.632. The molecular weight excluding hydrogens is 64.8 g/mol. The lowest BCUT2D eigenvalue weighted by Gasteiger charge is -1.73. The monoisotopic (exact) mass is 71.1 g/mol. The molecule has 0 saturated carbocycles. The molecule has 1 heterocycles. The van der Waals surface area contributed by atoms with Crippen molar-refractivity contribution in [2.24, 2.45) is 0 Å². The molecule has 1 saturated heterocycles. The fourth-order valence-corrected chi connectivity index (χ4v) is 0.361. The van der Waals surface area contributed by atoms with Gasteiger partial charge in [-0.25, -0.2) is 0 Å². The van der Waals surface area contributed by atoms with Crippen LogP contribution in [0.15, 0.2) is 0 Å². The van der Waals surface area contributed by atoms with Crippen molar-refractivity contribution >= 4 is 7.62 Å². The van der Waals surface area contributed by atoms with Gasteiger partial charge < -0.3 is 9.88 Å². The SMILES string of the molecule is B1NCCO1. The number of hydrogen-bond donors (Lipinski definition) is 1. The first-order valence-corrected chi connectivity index (χ1v) is 1.78. The van der Waals surface area contributed by atoms with Crippen molar-refractivity contribution in [2.75, 3.05) is 13.2 Å². The summed E-state index contributed by atoms with van der Waals surface area (Å²) in [5.41, 5.74) is 0. The Bertz CT molecular complexity index is 21.2. The van der Waals surface area contributed by atoms with Crippen LogP contribution in [0.2, 0.25) is 0 Å². The lowest BCUT2D eigenvalue weighted by molar-refractivity contribution is 0.385. The Kier molecular flexibility index (Phi) is 0.910. The van der Waals surface area contributed by atoms with Crippen molar-refractivity contribution in [3.8, 4) is 0 Å². The van der Waals surface area contributed by atoms with Crippen LogP contribution in [-0.4, -0.2) is 20.8 Å². The molecule has 28 valence electrons. The van der Waals surface area contributed by atoms with Gasteiger partial charge in [0.25, 0.3) is 0 Å². The molecule has 3 heteroatoms. The van der Waals surface area contributed by atoms with Crippen molar-refractivity contribution in [2.45, 2.75) is 0 Å². The van der Waals surface area contributed by atoms with E-state index in [1.54, 1.807) is 0 Å². The molecule has 1 fully saturated rings. The van der Waals surface area contributed by atoms with Crippen LogP contribution in [0.25, 0.3) is 0 Å². The first-order chi connectivity index (χ1) is 2.50. The largest absolute Gasteiger partial charge is 0.423 e. The summed E-state index contributed by atoms with van der Waals surface area (Å²) in [6.45, 7) is 1.92. The predicted octanol–water partition coefficient (Wildman–Crippen LogP) is -1.13. The molecule has 5 heavy (non-hydrogen) atoms. The highest BCUT2D eigenvalue weighted by Gasteiger charge is 1.96. The van der Waals surface area contributed by atoms with E-state index in [4.69, 9.17) is 4.65 Å². The van der Waals surface area contributed by atoms with Gasteiger partial charge >= 0.3 is 7.62 Å². The molecule has 2 nitrogen and oxygen atoms in total. The average Bonchev–Trinajstić information content (AvgIpc) is 1.76. The molecule has 0 radical (unpaired) electrons. The van der Waals surface area contributed by atoms with Crippen molar-refractivity contribution < 1.29 is 4.65 Å². The fraction of sp³-hybridized carbons (Fsp3) is 1.00. The summed E-state index contributed by atoms with van der Waals surface area (Å²) in [6, 6.07) is 0. The van der Waals surface area contributed by atoms with Crippen LogP contribution in [0.4, 0.5) is 0 Å². The molecule has 0 atom stereocenters. The van der Waals surface area contributed by atoms with Gasteiger partial charge in [0, 0.05) is 13.2 Å². The maximum absolute atomic E-state index is 4.83. The van der Waals surface area contributed by atoms with Crippen LogP contribution in [-0.2, 0) is 4.65 Å². The van der Waals surface area contributed by atoms with Crippen LogP contribution in [0.5, 0.6) is 0 Å². The molecule has 1 aliphatic heterocycles. The van der Waals surface area contributed by atoms with E-state index in [0.717, 1.165) is 20.8 Å². The second-order valence-corrected chi connectivity index (χ2v) is 1.05. The van der Waals surface area contributed by atoms with Crippen molar-refractivity contribution in [1.29, 1.82) is 0 Å². The van der Waals surface area contributed by atoms with E-state index in [1.807, 2.05) is 0 Å². The summed E-state index contributed by atoms with van der Waals surface area (Å²) in [5, 5.41) is 3.00. The quantitative estimate of drug-likeness (QED) is 0.365. The second-order valence-electron chi connectivity index (χ2n) is 1.05. The number of hydrogen-bond acceptors (Lipinski definition) is 2. The topological polar surface area (TPSA) is 21.3 Å². The fourth-order valence-electron chi connectivity index (χ4n) is 0.361. The Hall–Kier alpha value is -0.0151. The Morgan fingerprint density at radius 2 is 2.80 bits per heavy atom. The zero-order valence-corrected chi connectivity index (χ0v) is 3.03. The van der Waals surface area contributed by atoms with Gasteiger partial charge in [0.15, 0.2) is 0 Å². The molecule has 0 aromatic carbocycles. The minimum absolute atomic E-state index is 0.750. The summed E-state index contributed by atoms with van der Waals surface area (Å²) in [5.74, 6) is 0. The van der Waals surface area contributed by atoms with E-state index >= 15 is 0 Å². The van der Waals surface area contributed by atoms with Crippen LogP contribution >= 0.6 is 0 Å². The molecule has 0 aromatic rings. The minimum Gasteiger partial charge on any atom is -0.423 e. The molecule has 0 unspecified atom stereocenters. The molecular formula is C2H6BNO. The van der Waals surface area contributed by atoms with Gasteiger partial charge in [0.05, 0.1) is 0 Å². The molecule has 0 spiro atoms. The van der Waals surface area contributed by atoms with Gasteiger partial charge in [0.1, 0.15) is 0 Å². The van der Waals surface area contributed by atoms with Crippen LogP contribution < -0.4 is 5.23 Å². The predicted molar refractivity (Wildman–Crippen MR) is 21.1 cm³/mol. The lowest BCUT2D eigenvalue weighted by Crippen LogP contribution is -2.09. The van der Waals surface area contributed by atoms with E-state index < -0.39 is 0 Å². The van der Waals surface area contributed by atoms with E-state index in [9.17, 15) is 0 Å². The maximum Gasteiger partial charge on any atom is 0.360 e. The smallest absolute Gasteiger partial charge is 0.360 e. The number of rotatable bonds is 0. The summed E-state index contributed by atoms with van der Waals surface area (Å²) < 4.78 is 4.83.